The van der Waals surface area contributed by atoms with Crippen LogP contribution in [0.25, 0.3) is 89.7 Å². The Labute approximate surface area is 684 Å². The van der Waals surface area contributed by atoms with Crippen molar-refractivity contribution >= 4 is 110 Å². The number of sulfonamides is 1. The minimum absolute atomic E-state index is 0.00261. The van der Waals surface area contributed by atoms with Crippen molar-refractivity contribution in [2.24, 2.45) is 7.05 Å². The molecule has 48 heteroatoms. The van der Waals surface area contributed by atoms with Gasteiger partial charge in [-0.2, -0.15) is 30.8 Å². The molecule has 0 aliphatic carbocycles. The minimum Gasteiger partial charge on any atom is -0.396 e. The molecule has 1 aliphatic rings. The van der Waals surface area contributed by atoms with Gasteiger partial charge in [-0.25, -0.2) is 82.5 Å². The van der Waals surface area contributed by atoms with E-state index < -0.39 is 37.4 Å². The Balaban J connectivity index is 0.000000119. The zero-order valence-corrected chi connectivity index (χ0v) is 67.2. The van der Waals surface area contributed by atoms with Crippen LogP contribution >= 0.6 is 0 Å². The molecule has 0 atom stereocenters. The Morgan fingerprint density at radius 2 is 0.918 bits per heavy atom. The van der Waals surface area contributed by atoms with Crippen molar-refractivity contribution in [1.82, 2.24) is 130 Å². The Morgan fingerprint density at radius 1 is 0.508 bits per heavy atom. The lowest BCUT2D eigenvalue weighted by atomic mass is 10.1. The van der Waals surface area contributed by atoms with Crippen LogP contribution in [0.3, 0.4) is 0 Å². The smallest absolute Gasteiger partial charge is 0.273 e. The molecule has 2 aromatic carbocycles. The zero-order chi connectivity index (χ0) is 86.4. The van der Waals surface area contributed by atoms with Gasteiger partial charge in [0.1, 0.15) is 23.4 Å². The number of hydrogen-bond donors (Lipinski definition) is 5. The Morgan fingerprint density at radius 3 is 1.30 bits per heavy atom. The van der Waals surface area contributed by atoms with Gasteiger partial charge in [0, 0.05) is 137 Å². The molecule has 0 saturated carbocycles. The first-order chi connectivity index (χ1) is 58.2. The van der Waals surface area contributed by atoms with Crippen LogP contribution in [-0.2, 0) is 65.6 Å². The summed E-state index contributed by atoms with van der Waals surface area (Å²) >= 11 is 0. The van der Waals surface area contributed by atoms with Crippen LogP contribution in [0.15, 0.2) is 144 Å². The summed E-state index contributed by atoms with van der Waals surface area (Å²) in [5, 5.41) is 67.7. The second-order valence-corrected chi connectivity index (χ2v) is 32.0. The molecule has 1 saturated heterocycles. The maximum Gasteiger partial charge on any atom is 0.273 e. The SMILES string of the molecule is Cc1nc2nonc2c(N)c1Cn1cc(C(C)(F)F)cn1.Cc1nc2nonc2c(N)c1Cn1ccc(-c2ccc(C#N)c(F)c2)n1.Cc1nc2nonc2c(N)c1Cn1ccc(-c2ccc(S(C)(=O)=O)cc2F)n1.Cc1nc2nonc2c(N)c1Cn1ccc(-c2cccn2C)n1.Cc1nc2nonc2c(N)c1Cn1ccc(N2CCCS2(=O)=O)n1. The Hall–Kier alpha value is -15.6. The zero-order valence-electron chi connectivity index (χ0n) is 65.5. The molecule has 0 spiro atoms. The van der Waals surface area contributed by atoms with E-state index in [-0.39, 0.29) is 40.4 Å². The first kappa shape index (κ1) is 81.6. The molecule has 1 aliphatic heterocycles. The molecule has 0 bridgehead atoms. The average Bonchev–Trinajstić information content (AvgIpc) is 1.67. The van der Waals surface area contributed by atoms with Crippen LogP contribution < -0.4 is 33.0 Å². The lowest BCUT2D eigenvalue weighted by molar-refractivity contribution is 0.0173. The van der Waals surface area contributed by atoms with Gasteiger partial charge in [0.15, 0.2) is 43.2 Å². The van der Waals surface area contributed by atoms with Gasteiger partial charge in [0.2, 0.25) is 38.3 Å². The summed E-state index contributed by atoms with van der Waals surface area (Å²) < 4.78 is 136. The minimum atomic E-state index is -3.49. The summed E-state index contributed by atoms with van der Waals surface area (Å²) in [6, 6.07) is 21.0. The monoisotopic (exact) mass is 1700 g/mol. The third-order valence-corrected chi connectivity index (χ3v) is 22.6. The number of benzene rings is 2. The molecular weight excluding hydrogens is 1640 g/mol. The number of halogens is 4. The molecular formula is C74H69F4N33O9S2. The number of sulfone groups is 1. The molecule has 10 N–H and O–H groups in total. The number of nitrogens with two attached hydrogens (primary N) is 5. The highest BCUT2D eigenvalue weighted by molar-refractivity contribution is 7.93. The highest BCUT2D eigenvalue weighted by Gasteiger charge is 2.31. The van der Waals surface area contributed by atoms with Crippen molar-refractivity contribution in [2.45, 2.75) is 91.5 Å². The molecule has 122 heavy (non-hydrogen) atoms. The van der Waals surface area contributed by atoms with Crippen molar-refractivity contribution < 1.29 is 57.5 Å². The predicted molar refractivity (Wildman–Crippen MR) is 429 cm³/mol. The number of aromatic nitrogens is 26. The number of fused-ring (bicyclic) bond motifs is 5. The summed E-state index contributed by atoms with van der Waals surface area (Å²) in [5.74, 6) is -3.60. The third kappa shape index (κ3) is 16.7. The van der Waals surface area contributed by atoms with E-state index in [1.165, 1.54) is 39.4 Å². The summed E-state index contributed by atoms with van der Waals surface area (Å²) in [4.78, 5) is 21.4. The van der Waals surface area contributed by atoms with Gasteiger partial charge >= 0.3 is 0 Å². The Kier molecular flexibility index (Phi) is 21.9. The molecule has 19 rings (SSSR count). The molecule has 624 valence electrons. The van der Waals surface area contributed by atoms with Crippen LogP contribution in [0.1, 0.15) is 80.8 Å². The van der Waals surface area contributed by atoms with Gasteiger partial charge in [-0.05, 0) is 153 Å². The molecule has 42 nitrogen and oxygen atoms in total. The van der Waals surface area contributed by atoms with E-state index in [9.17, 15) is 34.4 Å². The molecule has 1 fully saturated rings. The maximum atomic E-state index is 14.4. The fraction of sp³-hybridized carbons (Fsp3) is 0.230. The Bertz CT molecular complexity index is 7290. The van der Waals surface area contributed by atoms with E-state index in [2.05, 4.69) is 120 Å². The van der Waals surface area contributed by atoms with Crippen molar-refractivity contribution in [2.75, 3.05) is 51.5 Å². The number of alkyl halides is 2. The normalized spacial score (nSPS) is 12.7. The molecule has 0 amide bonds. The van der Waals surface area contributed by atoms with Gasteiger partial charge in [-0.15, -0.1) is 0 Å². The first-order valence-corrected chi connectivity index (χ1v) is 40.0. The van der Waals surface area contributed by atoms with Crippen molar-refractivity contribution in [3.63, 3.8) is 0 Å². The van der Waals surface area contributed by atoms with Crippen LogP contribution in [-0.4, -0.2) is 165 Å². The fourth-order valence-electron chi connectivity index (χ4n) is 13.1. The highest BCUT2D eigenvalue weighted by Crippen LogP contribution is 2.34. The summed E-state index contributed by atoms with van der Waals surface area (Å²) in [6.45, 7) is 12.1. The second-order valence-electron chi connectivity index (χ2n) is 28.0. The maximum absolute atomic E-state index is 14.4. The van der Waals surface area contributed by atoms with E-state index in [1.54, 1.807) is 76.8 Å². The standard InChI is InChI=1S/C17H12FN7O.C17H15FN6O3S.C15H15N7O.C13H15N7O3S.C12H12F2N6O/c1-9-12(15(20)16-17(21-9)24-26-23-16)8-25-5-4-14(22-25)10-2-3-11(7-19)13(18)6-10;1-9-12(15(19)16-17(20-9)23-27-22-16)8-24-6-5-14(21-24)11-4-3-10(7-13(11)18)28(2,25)26;1-9-10(13(16)14-15(17-9)20-23-19-14)8-22-7-5-11(18-22)12-4-3-6-21(12)2;1-8-9(11(14)12-13(15-8)18-23-17-12)7-19-5-3-10(16-19)20-4-2-6-24(20,21)22;1-6-8(9(15)10-11(17-6)19-21-18-10)5-20-4-7(3-16-20)12(2,13)14/h2-6H,8,20H2,1H3;3-7H,8,19H2,1-2H3;3-7H,8,16H2,1-2H3;3,5H,2,4,6-7,14H2,1H3;3-4H,5,15H2,1-2H3. The van der Waals surface area contributed by atoms with E-state index in [1.807, 2.05) is 67.7 Å². The van der Waals surface area contributed by atoms with E-state index in [0.29, 0.717) is 174 Å². The number of pyridine rings is 5. The van der Waals surface area contributed by atoms with Crippen LogP contribution in [0.5, 0.6) is 0 Å². The van der Waals surface area contributed by atoms with Crippen molar-refractivity contribution in [3.05, 3.63) is 195 Å². The van der Waals surface area contributed by atoms with Gasteiger partial charge in [-0.1, -0.05) is 6.07 Å². The number of aryl methyl sites for hydroxylation is 6. The van der Waals surface area contributed by atoms with Gasteiger partial charge < -0.3 is 33.2 Å². The summed E-state index contributed by atoms with van der Waals surface area (Å²) in [5.41, 5.74) is 47.3. The molecule has 16 aromatic heterocycles. The number of nitrogens with zero attached hydrogens (tertiary/aromatic N) is 28. The fourth-order valence-corrected chi connectivity index (χ4v) is 15.3. The van der Waals surface area contributed by atoms with E-state index in [4.69, 9.17) is 38.6 Å². The van der Waals surface area contributed by atoms with E-state index in [0.717, 1.165) is 59.2 Å². The second kappa shape index (κ2) is 32.7. The lowest BCUT2D eigenvalue weighted by Crippen LogP contribution is -2.25. The van der Waals surface area contributed by atoms with Crippen LogP contribution in [0.2, 0.25) is 0 Å². The summed E-state index contributed by atoms with van der Waals surface area (Å²) in [7, 11) is -4.74. The number of anilines is 6. The average molecular weight is 1700 g/mol. The van der Waals surface area contributed by atoms with Crippen LogP contribution in [0, 0.1) is 57.6 Å². The number of hydrogen-bond acceptors (Lipinski definition) is 35. The highest BCUT2D eigenvalue weighted by atomic mass is 32.2. The molecule has 18 aromatic rings. The largest absolute Gasteiger partial charge is 0.396 e. The number of nitrogen functional groups attached to an aromatic ring is 5. The van der Waals surface area contributed by atoms with Gasteiger partial charge in [0.05, 0.1) is 106 Å². The number of rotatable bonds is 16. The number of nitriles is 1. The van der Waals surface area contributed by atoms with E-state index >= 15 is 0 Å². The lowest BCUT2D eigenvalue weighted by Gasteiger charge is -2.13. The van der Waals surface area contributed by atoms with Crippen molar-refractivity contribution in [1.29, 1.82) is 5.26 Å². The third-order valence-electron chi connectivity index (χ3n) is 19.7. The quantitative estimate of drug-likeness (QED) is 0.0567. The molecule has 0 radical (unpaired) electrons. The van der Waals surface area contributed by atoms with Crippen LogP contribution in [0.4, 0.5) is 51.8 Å². The molecule has 17 heterocycles. The van der Waals surface area contributed by atoms with Gasteiger partial charge in [0.25, 0.3) is 5.92 Å². The molecule has 0 unspecified atom stereocenters. The summed E-state index contributed by atoms with van der Waals surface area (Å²) in [6.07, 6.45) is 13.1. The topological polar surface area (TPSA) is 578 Å². The van der Waals surface area contributed by atoms with Gasteiger partial charge in [-0.3, -0.25) is 27.7 Å². The van der Waals surface area contributed by atoms with Crippen molar-refractivity contribution in [3.8, 4) is 40.0 Å². The first-order valence-electron chi connectivity index (χ1n) is 36.5. The predicted octanol–water partition coefficient (Wildman–Crippen LogP) is 8.31.